The average Bonchev–Trinajstić information content (AvgIpc) is 2.18. The highest BCUT2D eigenvalue weighted by molar-refractivity contribution is 5.17. The molecule has 1 nitrogen and oxygen atoms in total. The number of rotatable bonds is 5. The molecule has 0 heterocycles. The lowest BCUT2D eigenvalue weighted by molar-refractivity contribution is 0.506. The van der Waals surface area contributed by atoms with Crippen LogP contribution in [-0.4, -0.2) is 13.1 Å². The molecule has 0 spiro atoms. The molecule has 1 rings (SSSR count). The van der Waals surface area contributed by atoms with Crippen molar-refractivity contribution in [2.24, 2.45) is 5.92 Å². The van der Waals surface area contributed by atoms with Gasteiger partial charge in [-0.05, 0) is 43.1 Å². The summed E-state index contributed by atoms with van der Waals surface area (Å²) in [7, 11) is 0. The molecule has 0 bridgehead atoms. The molecule has 0 aliphatic carbocycles. The van der Waals surface area contributed by atoms with Gasteiger partial charge in [-0.2, -0.15) is 0 Å². The van der Waals surface area contributed by atoms with Gasteiger partial charge in [-0.1, -0.05) is 19.9 Å². The van der Waals surface area contributed by atoms with Crippen LogP contribution in [0, 0.1) is 17.6 Å². The van der Waals surface area contributed by atoms with E-state index in [0.717, 1.165) is 25.1 Å². The third kappa shape index (κ3) is 4.38. The molecule has 3 heteroatoms. The first kappa shape index (κ1) is 12.1. The molecule has 0 saturated heterocycles. The smallest absolute Gasteiger partial charge is 0.159 e. The number of hydrogen-bond donors (Lipinski definition) is 1. The van der Waals surface area contributed by atoms with E-state index in [4.69, 9.17) is 0 Å². The summed E-state index contributed by atoms with van der Waals surface area (Å²) in [5, 5.41) is 3.25. The molecule has 0 aliphatic rings. The van der Waals surface area contributed by atoms with Gasteiger partial charge in [-0.15, -0.1) is 0 Å². The van der Waals surface area contributed by atoms with Crippen LogP contribution in [0.5, 0.6) is 0 Å². The van der Waals surface area contributed by atoms with Crippen molar-refractivity contribution < 1.29 is 8.78 Å². The highest BCUT2D eigenvalue weighted by Crippen LogP contribution is 2.08. The van der Waals surface area contributed by atoms with Crippen molar-refractivity contribution in [1.82, 2.24) is 5.32 Å². The molecular weight excluding hydrogens is 196 g/mol. The van der Waals surface area contributed by atoms with E-state index >= 15 is 0 Å². The Morgan fingerprint density at radius 1 is 1.20 bits per heavy atom. The summed E-state index contributed by atoms with van der Waals surface area (Å²) in [5.41, 5.74) is 0.824. The molecule has 0 saturated carbocycles. The van der Waals surface area contributed by atoms with Crippen molar-refractivity contribution >= 4 is 0 Å². The van der Waals surface area contributed by atoms with Crippen LogP contribution >= 0.6 is 0 Å². The number of halogens is 2. The topological polar surface area (TPSA) is 12.0 Å². The first-order valence-corrected chi connectivity index (χ1v) is 5.24. The minimum atomic E-state index is -0.783. The Morgan fingerprint density at radius 3 is 2.53 bits per heavy atom. The van der Waals surface area contributed by atoms with Crippen molar-refractivity contribution in [2.75, 3.05) is 13.1 Å². The predicted molar refractivity (Wildman–Crippen MR) is 57.8 cm³/mol. The molecule has 1 aromatic rings. The van der Waals surface area contributed by atoms with E-state index in [2.05, 4.69) is 19.2 Å². The lowest BCUT2D eigenvalue weighted by Crippen LogP contribution is -2.22. The van der Waals surface area contributed by atoms with Crippen LogP contribution < -0.4 is 5.32 Å². The Bertz CT molecular complexity index is 310. The van der Waals surface area contributed by atoms with Gasteiger partial charge in [0.15, 0.2) is 11.6 Å². The van der Waals surface area contributed by atoms with Crippen molar-refractivity contribution in [3.05, 3.63) is 35.4 Å². The van der Waals surface area contributed by atoms with Gasteiger partial charge in [0.25, 0.3) is 0 Å². The molecule has 0 amide bonds. The van der Waals surface area contributed by atoms with Gasteiger partial charge < -0.3 is 5.32 Å². The van der Waals surface area contributed by atoms with E-state index < -0.39 is 11.6 Å². The van der Waals surface area contributed by atoms with Crippen LogP contribution in [0.4, 0.5) is 8.78 Å². The highest BCUT2D eigenvalue weighted by atomic mass is 19.2. The Kier molecular flexibility index (Phi) is 4.69. The van der Waals surface area contributed by atoms with Crippen LogP contribution in [0.3, 0.4) is 0 Å². The van der Waals surface area contributed by atoms with Crippen LogP contribution in [0.2, 0.25) is 0 Å². The maximum absolute atomic E-state index is 12.8. The summed E-state index contributed by atoms with van der Waals surface area (Å²) in [6.07, 6.45) is 0.726. The zero-order valence-electron chi connectivity index (χ0n) is 9.19. The maximum Gasteiger partial charge on any atom is 0.159 e. The standard InChI is InChI=1S/C12H17F2N/c1-9(2)8-15-6-5-10-3-4-11(13)12(14)7-10/h3-4,7,9,15H,5-6,8H2,1-2H3. The van der Waals surface area contributed by atoms with Gasteiger partial charge in [-0.3, -0.25) is 0 Å². The second kappa shape index (κ2) is 5.81. The maximum atomic E-state index is 12.8. The van der Waals surface area contributed by atoms with Crippen molar-refractivity contribution in [1.29, 1.82) is 0 Å². The second-order valence-corrected chi connectivity index (χ2v) is 4.10. The zero-order chi connectivity index (χ0) is 11.3. The molecular formula is C12H17F2N. The molecule has 1 aromatic carbocycles. The Balaban J connectivity index is 2.35. The van der Waals surface area contributed by atoms with Crippen molar-refractivity contribution in [2.45, 2.75) is 20.3 Å². The summed E-state index contributed by atoms with van der Waals surface area (Å²) < 4.78 is 25.4. The Labute approximate surface area is 89.5 Å². The highest BCUT2D eigenvalue weighted by Gasteiger charge is 2.02. The molecule has 0 unspecified atom stereocenters. The quantitative estimate of drug-likeness (QED) is 0.742. The molecule has 1 N–H and O–H groups in total. The Morgan fingerprint density at radius 2 is 1.93 bits per heavy atom. The van der Waals surface area contributed by atoms with Crippen LogP contribution in [-0.2, 0) is 6.42 Å². The van der Waals surface area contributed by atoms with E-state index in [1.807, 2.05) is 0 Å². The van der Waals surface area contributed by atoms with E-state index in [-0.39, 0.29) is 0 Å². The fraction of sp³-hybridized carbons (Fsp3) is 0.500. The van der Waals surface area contributed by atoms with E-state index in [9.17, 15) is 8.78 Å². The van der Waals surface area contributed by atoms with Gasteiger partial charge in [0.1, 0.15) is 0 Å². The van der Waals surface area contributed by atoms with Crippen LogP contribution in [0.25, 0.3) is 0 Å². The van der Waals surface area contributed by atoms with Gasteiger partial charge in [0.05, 0.1) is 0 Å². The lowest BCUT2D eigenvalue weighted by atomic mass is 10.1. The van der Waals surface area contributed by atoms with Crippen LogP contribution in [0.1, 0.15) is 19.4 Å². The van der Waals surface area contributed by atoms with Gasteiger partial charge in [-0.25, -0.2) is 8.78 Å². The van der Waals surface area contributed by atoms with Gasteiger partial charge in [0.2, 0.25) is 0 Å². The lowest BCUT2D eigenvalue weighted by Gasteiger charge is -2.07. The fourth-order valence-electron chi connectivity index (χ4n) is 1.32. The zero-order valence-corrected chi connectivity index (χ0v) is 9.19. The minimum Gasteiger partial charge on any atom is -0.316 e. The normalized spacial score (nSPS) is 11.0. The van der Waals surface area contributed by atoms with E-state index in [1.54, 1.807) is 6.07 Å². The van der Waals surface area contributed by atoms with Crippen molar-refractivity contribution in [3.63, 3.8) is 0 Å². The molecule has 0 radical (unpaired) electrons. The molecule has 0 atom stereocenters. The third-order valence-electron chi connectivity index (χ3n) is 2.13. The van der Waals surface area contributed by atoms with E-state index in [0.29, 0.717) is 5.92 Å². The number of hydrogen-bond acceptors (Lipinski definition) is 1. The summed E-state index contributed by atoms with van der Waals surface area (Å²) in [6.45, 7) is 6.00. The largest absolute Gasteiger partial charge is 0.316 e. The molecule has 15 heavy (non-hydrogen) atoms. The first-order valence-electron chi connectivity index (χ1n) is 5.24. The Hall–Kier alpha value is -0.960. The first-order chi connectivity index (χ1) is 7.09. The summed E-state index contributed by atoms with van der Waals surface area (Å²) in [5.74, 6) is -0.944. The van der Waals surface area contributed by atoms with E-state index in [1.165, 1.54) is 12.1 Å². The fourth-order valence-corrected chi connectivity index (χ4v) is 1.32. The van der Waals surface area contributed by atoms with Crippen LogP contribution in [0.15, 0.2) is 18.2 Å². The molecule has 0 aromatic heterocycles. The summed E-state index contributed by atoms with van der Waals surface area (Å²) in [4.78, 5) is 0. The monoisotopic (exact) mass is 213 g/mol. The number of benzene rings is 1. The van der Waals surface area contributed by atoms with Crippen molar-refractivity contribution in [3.8, 4) is 0 Å². The minimum absolute atomic E-state index is 0.606. The van der Waals surface area contributed by atoms with Gasteiger partial charge in [0, 0.05) is 0 Å². The second-order valence-electron chi connectivity index (χ2n) is 4.10. The number of nitrogens with one attached hydrogen (secondary N) is 1. The average molecular weight is 213 g/mol. The SMILES string of the molecule is CC(C)CNCCc1ccc(F)c(F)c1. The third-order valence-corrected chi connectivity index (χ3v) is 2.13. The van der Waals surface area contributed by atoms with Gasteiger partial charge >= 0.3 is 0 Å². The molecule has 0 aliphatic heterocycles. The summed E-state index contributed by atoms with van der Waals surface area (Å²) in [6, 6.07) is 4.05. The molecule has 84 valence electrons. The predicted octanol–water partition coefficient (Wildman–Crippen LogP) is 2.75. The summed E-state index contributed by atoms with van der Waals surface area (Å²) >= 11 is 0. The molecule has 0 fully saturated rings.